The van der Waals surface area contributed by atoms with Crippen LogP contribution in [0.2, 0.25) is 0 Å². The molecule has 63 heavy (non-hydrogen) atoms. The van der Waals surface area contributed by atoms with Gasteiger partial charge in [-0.15, -0.1) is 0 Å². The predicted octanol–water partition coefficient (Wildman–Crippen LogP) is 15.8. The van der Waals surface area contributed by atoms with Gasteiger partial charge in [0, 0.05) is 28.7 Å². The van der Waals surface area contributed by atoms with Gasteiger partial charge in [-0.05, 0) is 179 Å². The number of ether oxygens (including phenoxy) is 1. The molecule has 0 saturated heterocycles. The fraction of sp³-hybridized carbons (Fsp3) is 0.419. The Morgan fingerprint density at radius 3 is 2.48 bits per heavy atom. The van der Waals surface area contributed by atoms with Gasteiger partial charge in [-0.25, -0.2) is 0 Å². The van der Waals surface area contributed by atoms with E-state index in [1.54, 1.807) is 39.0 Å². The van der Waals surface area contributed by atoms with E-state index in [-0.39, 0.29) is 28.3 Å². The Balaban J connectivity index is 0.948. The number of benzene rings is 2. The van der Waals surface area contributed by atoms with Gasteiger partial charge in [0.2, 0.25) is 0 Å². The van der Waals surface area contributed by atoms with E-state index in [9.17, 15) is 0 Å². The van der Waals surface area contributed by atoms with Gasteiger partial charge in [0.1, 0.15) is 11.4 Å². The maximum atomic E-state index is 7.00. The van der Waals surface area contributed by atoms with Gasteiger partial charge in [-0.1, -0.05) is 149 Å². The summed E-state index contributed by atoms with van der Waals surface area (Å²) in [4.78, 5) is 0. The molecule has 10 aliphatic carbocycles. The van der Waals surface area contributed by atoms with Gasteiger partial charge < -0.3 is 4.74 Å². The predicted molar refractivity (Wildman–Crippen MR) is 263 cm³/mol. The van der Waals surface area contributed by atoms with Crippen molar-refractivity contribution in [3.8, 4) is 5.75 Å². The van der Waals surface area contributed by atoms with E-state index < -0.39 is 0 Å². The number of hydrogen-bond acceptors (Lipinski definition) is 1. The average Bonchev–Trinajstić information content (AvgIpc) is 3.82. The number of hydrogen-bond donors (Lipinski definition) is 0. The van der Waals surface area contributed by atoms with Crippen molar-refractivity contribution in [3.63, 3.8) is 0 Å². The minimum absolute atomic E-state index is 0.0634. The molecule has 0 spiro atoms. The monoisotopic (exact) mass is 824 g/mol. The van der Waals surface area contributed by atoms with Crippen molar-refractivity contribution in [1.29, 1.82) is 0 Å². The summed E-state index contributed by atoms with van der Waals surface area (Å²) < 4.78 is 7.00. The Morgan fingerprint density at radius 1 is 0.730 bits per heavy atom. The second-order valence-corrected chi connectivity index (χ2v) is 22.6. The second-order valence-electron chi connectivity index (χ2n) is 22.6. The van der Waals surface area contributed by atoms with Gasteiger partial charge in [0.05, 0.1) is 5.92 Å². The first-order valence-corrected chi connectivity index (χ1v) is 24.9. The van der Waals surface area contributed by atoms with Gasteiger partial charge in [0.15, 0.2) is 0 Å². The highest BCUT2D eigenvalue weighted by molar-refractivity contribution is 5.89. The van der Waals surface area contributed by atoms with E-state index in [2.05, 4.69) is 151 Å². The molecule has 0 saturated carbocycles. The first kappa shape index (κ1) is 38.6. The lowest BCUT2D eigenvalue weighted by molar-refractivity contribution is 0.151. The summed E-state index contributed by atoms with van der Waals surface area (Å²) in [5.74, 6) is 3.81. The van der Waals surface area contributed by atoms with Gasteiger partial charge in [-0.2, -0.15) is 0 Å². The molecule has 318 valence electrons. The van der Waals surface area contributed by atoms with Gasteiger partial charge in [-0.3, -0.25) is 0 Å². The third-order valence-electron chi connectivity index (χ3n) is 18.3. The molecule has 0 radical (unpaired) electrons. The molecule has 7 atom stereocenters. The summed E-state index contributed by atoms with van der Waals surface area (Å²) in [6.45, 7) is 14.9. The number of fused-ring (bicyclic) bond motifs is 10. The van der Waals surface area contributed by atoms with Crippen LogP contribution >= 0.6 is 0 Å². The maximum Gasteiger partial charge on any atom is 0.136 e. The lowest BCUT2D eigenvalue weighted by Gasteiger charge is -2.37. The molecule has 1 nitrogen and oxygen atoms in total. The van der Waals surface area contributed by atoms with Crippen LogP contribution in [-0.2, 0) is 12.8 Å². The third-order valence-corrected chi connectivity index (χ3v) is 18.3. The topological polar surface area (TPSA) is 9.23 Å². The van der Waals surface area contributed by atoms with Gasteiger partial charge >= 0.3 is 0 Å². The molecule has 1 aliphatic heterocycles. The summed E-state index contributed by atoms with van der Waals surface area (Å²) in [5, 5.41) is 0. The van der Waals surface area contributed by atoms with Crippen molar-refractivity contribution in [2.75, 3.05) is 0 Å². The van der Waals surface area contributed by atoms with E-state index in [1.165, 1.54) is 81.4 Å². The highest BCUT2D eigenvalue weighted by Gasteiger charge is 2.50. The van der Waals surface area contributed by atoms with Crippen molar-refractivity contribution < 1.29 is 4.74 Å². The fourth-order valence-corrected chi connectivity index (χ4v) is 15.1. The van der Waals surface area contributed by atoms with Crippen LogP contribution in [-0.4, -0.2) is 5.60 Å². The van der Waals surface area contributed by atoms with E-state index in [4.69, 9.17) is 4.74 Å². The molecule has 2 aromatic carbocycles. The lowest BCUT2D eigenvalue weighted by atomic mass is 9.67. The molecule has 13 rings (SSSR count). The first-order chi connectivity index (χ1) is 30.5. The van der Waals surface area contributed by atoms with E-state index in [1.807, 2.05) is 0 Å². The SMILES string of the molecule is CC1CCC2=C(C1)C(C)(C)C1C=C(c3c4c(c(C5C=C6C(=CC5)C5=C(CCC=C5)C6(C)C)c5c3CCC=C5)CC(c3ccc5c(c3)O[C@]3(C)C=CC6=C(C=CCC6)C53)C=C4)C=CC21. The molecule has 0 amide bonds. The number of rotatable bonds is 3. The van der Waals surface area contributed by atoms with Gasteiger partial charge in [0.25, 0.3) is 0 Å². The van der Waals surface area contributed by atoms with Crippen LogP contribution in [0, 0.1) is 28.6 Å². The number of allylic oxidation sites excluding steroid dienone is 20. The van der Waals surface area contributed by atoms with Crippen LogP contribution in [0.15, 0.2) is 142 Å². The Labute approximate surface area is 377 Å². The highest BCUT2D eigenvalue weighted by Crippen LogP contribution is 2.61. The van der Waals surface area contributed by atoms with Crippen molar-refractivity contribution >= 4 is 17.7 Å². The molecule has 1 heteroatoms. The highest BCUT2D eigenvalue weighted by atomic mass is 16.5. The zero-order chi connectivity index (χ0) is 42.6. The molecular formula is C62H64O. The minimum Gasteiger partial charge on any atom is -0.482 e. The summed E-state index contributed by atoms with van der Waals surface area (Å²) in [6, 6.07) is 7.29. The largest absolute Gasteiger partial charge is 0.482 e. The molecule has 0 aromatic heterocycles. The smallest absolute Gasteiger partial charge is 0.136 e. The molecule has 0 fully saturated rings. The molecule has 0 bridgehead atoms. The van der Waals surface area contributed by atoms with Crippen LogP contribution in [0.1, 0.15) is 162 Å². The molecular weight excluding hydrogens is 761 g/mol. The van der Waals surface area contributed by atoms with Crippen LogP contribution in [0.3, 0.4) is 0 Å². The van der Waals surface area contributed by atoms with Crippen molar-refractivity contribution in [2.24, 2.45) is 28.6 Å². The lowest BCUT2D eigenvalue weighted by Crippen LogP contribution is -2.35. The average molecular weight is 825 g/mol. The van der Waals surface area contributed by atoms with E-state index >= 15 is 0 Å². The van der Waals surface area contributed by atoms with Crippen molar-refractivity contribution in [2.45, 2.75) is 136 Å². The summed E-state index contributed by atoms with van der Waals surface area (Å²) >= 11 is 0. The Kier molecular flexibility index (Phi) is 8.31. The standard InChI is InChI=1S/C62H64O/c1-36-19-24-44-46-26-22-40(33-55(46)61(4,5)53(44)31-36)57-47-16-9-10-17-48(47)58(41-23-25-45-43-15-11-12-18-52(43)60(2,3)54(45)34-41)51-32-38(20-27-49(51)57)39-21-28-50-56(35-39)63-62(6)30-29-37-13-7-8-14-42(37)59(50)62/h8,10-11,14-15,17,20-22,25-30,33-36,38,41,46,55,59H,7,9,12-13,16,18-19,23-24,31-32H2,1-6H3/t36?,38?,41?,46?,55?,59?,62-/m1/s1. The van der Waals surface area contributed by atoms with Crippen LogP contribution in [0.5, 0.6) is 5.75 Å². The Hall–Kier alpha value is -4.88. The van der Waals surface area contributed by atoms with Crippen molar-refractivity contribution in [1.82, 2.24) is 0 Å². The van der Waals surface area contributed by atoms with Crippen LogP contribution in [0.4, 0.5) is 0 Å². The second kappa shape index (κ2) is 13.6. The van der Waals surface area contributed by atoms with E-state index in [0.29, 0.717) is 17.8 Å². The molecule has 6 unspecified atom stereocenters. The zero-order valence-electron chi connectivity index (χ0n) is 38.5. The maximum absolute atomic E-state index is 7.00. The summed E-state index contributed by atoms with van der Waals surface area (Å²) in [6.07, 6.45) is 50.6. The molecule has 1 heterocycles. The van der Waals surface area contributed by atoms with Crippen LogP contribution in [0.25, 0.3) is 17.7 Å². The Bertz CT molecular complexity index is 2830. The molecule has 0 N–H and O–H groups in total. The van der Waals surface area contributed by atoms with E-state index in [0.717, 1.165) is 56.6 Å². The molecule has 11 aliphatic rings. The fourth-order valence-electron chi connectivity index (χ4n) is 15.1. The Morgan fingerprint density at radius 2 is 1.57 bits per heavy atom. The normalized spacial score (nSPS) is 33.0. The third kappa shape index (κ3) is 5.47. The summed E-state index contributed by atoms with van der Waals surface area (Å²) in [7, 11) is 0. The van der Waals surface area contributed by atoms with Crippen LogP contribution < -0.4 is 4.74 Å². The summed E-state index contributed by atoms with van der Waals surface area (Å²) in [5.41, 5.74) is 26.2. The first-order valence-electron chi connectivity index (χ1n) is 24.9. The minimum atomic E-state index is -0.343. The quantitative estimate of drug-likeness (QED) is 0.280. The molecule has 2 aromatic rings. The van der Waals surface area contributed by atoms with Crippen molar-refractivity contribution in [3.05, 3.63) is 186 Å². The zero-order valence-corrected chi connectivity index (χ0v) is 38.5.